The normalized spacial score (nSPS) is 20.1. The number of carbonyl (C=O) groups is 1. The Morgan fingerprint density at radius 1 is 1.31 bits per heavy atom. The fourth-order valence-electron chi connectivity index (χ4n) is 5.22. The molecule has 3 heterocycles. The van der Waals surface area contributed by atoms with Gasteiger partial charge in [-0.2, -0.15) is 0 Å². The van der Waals surface area contributed by atoms with Crippen molar-refractivity contribution in [1.82, 2.24) is 15.2 Å². The number of pyridine rings is 1. The van der Waals surface area contributed by atoms with Crippen molar-refractivity contribution in [3.8, 4) is 0 Å². The summed E-state index contributed by atoms with van der Waals surface area (Å²) in [4.78, 5) is 24.5. The summed E-state index contributed by atoms with van der Waals surface area (Å²) in [7, 11) is 1.75. The van der Waals surface area contributed by atoms with Gasteiger partial charge in [-0.15, -0.1) is 0 Å². The number of halogens is 1. The molecule has 2 atom stereocenters. The standard InChI is InChI=1S/C34H41FN4O3/c1-6-27-11-12-32(24(3)13-14-36-25(4)39-15-7-8-26(19-39)20-41-5)38-33(27)16-23(2)18-37-34(40)28-9-10-29-21-42-22-31(35)30(29)17-28/h6,9-14,16-17,26,31H,2-3,7-8,15,18-22H2,1,4-5H3,(H,37,40)/b14-13-,27-6-,33-16+,36-25?. The number of nitrogens with zero attached hydrogens (tertiary/aromatic N) is 3. The van der Waals surface area contributed by atoms with Gasteiger partial charge in [0.1, 0.15) is 12.0 Å². The van der Waals surface area contributed by atoms with E-state index in [4.69, 9.17) is 14.5 Å². The van der Waals surface area contributed by atoms with E-state index in [1.54, 1.807) is 31.5 Å². The largest absolute Gasteiger partial charge is 0.384 e. The Labute approximate surface area is 247 Å². The summed E-state index contributed by atoms with van der Waals surface area (Å²) in [5.74, 6) is 1.22. The molecule has 2 unspecified atom stereocenters. The van der Waals surface area contributed by atoms with Gasteiger partial charge in [0, 0.05) is 38.5 Å². The molecule has 1 fully saturated rings. The number of methoxy groups -OCH3 is 1. The highest BCUT2D eigenvalue weighted by Gasteiger charge is 2.22. The van der Waals surface area contributed by atoms with Crippen molar-refractivity contribution in [3.05, 3.63) is 94.3 Å². The van der Waals surface area contributed by atoms with Crippen LogP contribution in [0.3, 0.4) is 0 Å². The number of hydrogen-bond donors (Lipinski definition) is 1. The van der Waals surface area contributed by atoms with Crippen LogP contribution in [-0.2, 0) is 16.1 Å². The number of fused-ring (bicyclic) bond motifs is 1. The number of amidine groups is 1. The fourth-order valence-corrected chi connectivity index (χ4v) is 5.22. The van der Waals surface area contributed by atoms with E-state index in [9.17, 15) is 9.18 Å². The molecule has 0 radical (unpaired) electrons. The molecule has 1 saturated heterocycles. The summed E-state index contributed by atoms with van der Waals surface area (Å²) in [6, 6.07) is 8.96. The Bertz CT molecular complexity index is 1490. The summed E-state index contributed by atoms with van der Waals surface area (Å²) >= 11 is 0. The van der Waals surface area contributed by atoms with E-state index in [0.29, 0.717) is 29.2 Å². The smallest absolute Gasteiger partial charge is 0.251 e. The molecule has 0 bridgehead atoms. The van der Waals surface area contributed by atoms with Crippen molar-refractivity contribution in [2.45, 2.75) is 39.5 Å². The van der Waals surface area contributed by atoms with E-state index in [2.05, 4.69) is 28.4 Å². The second kappa shape index (κ2) is 14.8. The highest BCUT2D eigenvalue weighted by atomic mass is 19.1. The summed E-state index contributed by atoms with van der Waals surface area (Å²) in [6.45, 7) is 15.6. The van der Waals surface area contributed by atoms with E-state index >= 15 is 0 Å². The Morgan fingerprint density at radius 2 is 2.14 bits per heavy atom. The van der Waals surface area contributed by atoms with E-state index < -0.39 is 6.17 Å². The van der Waals surface area contributed by atoms with Crippen LogP contribution in [0.15, 0.2) is 66.3 Å². The first-order chi connectivity index (χ1) is 20.3. The number of rotatable bonds is 9. The van der Waals surface area contributed by atoms with E-state index in [0.717, 1.165) is 59.4 Å². The third-order valence-corrected chi connectivity index (χ3v) is 7.60. The van der Waals surface area contributed by atoms with Crippen molar-refractivity contribution < 1.29 is 18.7 Å². The van der Waals surface area contributed by atoms with Crippen LogP contribution >= 0.6 is 0 Å². The molecule has 2 aromatic rings. The first-order valence-electron chi connectivity index (χ1n) is 14.4. The van der Waals surface area contributed by atoms with Crippen molar-refractivity contribution in [1.29, 1.82) is 0 Å². The van der Waals surface area contributed by atoms with Crippen LogP contribution in [0.5, 0.6) is 0 Å². The van der Waals surface area contributed by atoms with Crippen LogP contribution in [0.4, 0.5) is 4.39 Å². The van der Waals surface area contributed by atoms with Crippen LogP contribution in [0.2, 0.25) is 0 Å². The van der Waals surface area contributed by atoms with Gasteiger partial charge >= 0.3 is 0 Å². The first-order valence-corrected chi connectivity index (χ1v) is 14.4. The highest BCUT2D eigenvalue weighted by Crippen LogP contribution is 2.28. The van der Waals surface area contributed by atoms with Crippen molar-refractivity contribution in [2.75, 3.05) is 40.0 Å². The number of piperidine rings is 1. The molecular weight excluding hydrogens is 531 g/mol. The van der Waals surface area contributed by atoms with E-state index in [1.807, 2.05) is 44.2 Å². The van der Waals surface area contributed by atoms with Gasteiger partial charge < -0.3 is 19.7 Å². The predicted molar refractivity (Wildman–Crippen MR) is 167 cm³/mol. The predicted octanol–water partition coefficient (Wildman–Crippen LogP) is 4.49. The number of carbonyl (C=O) groups excluding carboxylic acids is 1. The molecule has 2 aliphatic heterocycles. The molecule has 0 aliphatic carbocycles. The average molecular weight is 573 g/mol. The zero-order valence-corrected chi connectivity index (χ0v) is 24.9. The molecule has 2 aliphatic rings. The molecule has 0 spiro atoms. The Kier molecular flexibility index (Phi) is 11.0. The number of amides is 1. The maximum atomic E-state index is 14.2. The monoisotopic (exact) mass is 572 g/mol. The number of nitrogens with one attached hydrogen (secondary N) is 1. The van der Waals surface area contributed by atoms with E-state index in [1.165, 1.54) is 6.42 Å². The lowest BCUT2D eigenvalue weighted by atomic mass is 9.99. The Hall–Kier alpha value is -3.88. The van der Waals surface area contributed by atoms with Crippen LogP contribution in [-0.4, -0.2) is 61.6 Å². The molecule has 7 nitrogen and oxygen atoms in total. The first kappa shape index (κ1) is 31.1. The van der Waals surface area contributed by atoms with E-state index in [-0.39, 0.29) is 19.1 Å². The maximum absolute atomic E-state index is 14.2. The van der Waals surface area contributed by atoms with Gasteiger partial charge in [-0.05, 0) is 90.4 Å². The highest BCUT2D eigenvalue weighted by molar-refractivity contribution is 5.94. The molecule has 4 rings (SSSR count). The number of likely N-dealkylation sites (tertiary alicyclic amines) is 1. The number of benzene rings is 1. The van der Waals surface area contributed by atoms with Crippen LogP contribution < -0.4 is 15.9 Å². The number of allylic oxidation sites excluding steroid dienone is 2. The zero-order chi connectivity index (χ0) is 30.1. The maximum Gasteiger partial charge on any atom is 0.251 e. The van der Waals surface area contributed by atoms with Crippen molar-refractivity contribution in [3.63, 3.8) is 0 Å². The lowest BCUT2D eigenvalue weighted by Crippen LogP contribution is -2.39. The second-order valence-corrected chi connectivity index (χ2v) is 10.8. The van der Waals surface area contributed by atoms with Crippen LogP contribution in [0, 0.1) is 5.92 Å². The van der Waals surface area contributed by atoms with Gasteiger partial charge in [0.05, 0.1) is 30.9 Å². The molecule has 1 aromatic carbocycles. The number of aliphatic imine (C=N–C) groups is 1. The number of alkyl halides is 1. The Morgan fingerprint density at radius 3 is 2.93 bits per heavy atom. The quantitative estimate of drug-likeness (QED) is 0.272. The van der Waals surface area contributed by atoms with Crippen LogP contribution in [0.25, 0.3) is 17.7 Å². The molecule has 1 amide bonds. The molecule has 222 valence electrons. The number of hydrogen-bond acceptors (Lipinski definition) is 5. The number of ether oxygens (including phenoxy) is 2. The lowest BCUT2D eigenvalue weighted by molar-refractivity contribution is 0.0512. The van der Waals surface area contributed by atoms with Gasteiger partial charge in [-0.25, -0.2) is 14.4 Å². The summed E-state index contributed by atoms with van der Waals surface area (Å²) in [6.07, 6.45) is 8.56. The molecule has 1 N–H and O–H groups in total. The minimum atomic E-state index is -1.23. The minimum absolute atomic E-state index is 0.00997. The summed E-state index contributed by atoms with van der Waals surface area (Å²) in [5, 5.41) is 4.55. The van der Waals surface area contributed by atoms with Gasteiger partial charge in [-0.3, -0.25) is 4.79 Å². The second-order valence-electron chi connectivity index (χ2n) is 10.8. The lowest BCUT2D eigenvalue weighted by Gasteiger charge is -2.33. The van der Waals surface area contributed by atoms with Gasteiger partial charge in [0.15, 0.2) is 0 Å². The average Bonchev–Trinajstić information content (AvgIpc) is 3.00. The molecule has 1 aromatic heterocycles. The third-order valence-electron chi connectivity index (χ3n) is 7.60. The fraction of sp³-hybridized carbons (Fsp3) is 0.382. The topological polar surface area (TPSA) is 76.0 Å². The molecule has 8 heteroatoms. The Balaban J connectivity index is 1.40. The van der Waals surface area contributed by atoms with Gasteiger partial charge in [0.25, 0.3) is 5.91 Å². The zero-order valence-electron chi connectivity index (χ0n) is 24.9. The molecular formula is C34H41FN4O3. The summed E-state index contributed by atoms with van der Waals surface area (Å²) in [5.41, 5.74) is 3.84. The molecule has 42 heavy (non-hydrogen) atoms. The van der Waals surface area contributed by atoms with Gasteiger partial charge in [-0.1, -0.05) is 31.4 Å². The van der Waals surface area contributed by atoms with Crippen molar-refractivity contribution >= 4 is 29.5 Å². The molecule has 0 saturated carbocycles. The SMILES string of the molecule is C=C(/C=c1/nc(C(=C)/C=C\N=C(C)N2CCCC(COC)C2)cc/c1=C/C)CNC(=O)c1ccc2c(c1)C(F)COC2. The van der Waals surface area contributed by atoms with Crippen LogP contribution in [0.1, 0.15) is 60.0 Å². The summed E-state index contributed by atoms with van der Waals surface area (Å²) < 4.78 is 24.8. The minimum Gasteiger partial charge on any atom is -0.384 e. The van der Waals surface area contributed by atoms with Gasteiger partial charge in [0.2, 0.25) is 0 Å². The number of aromatic nitrogens is 1. The van der Waals surface area contributed by atoms with Crippen molar-refractivity contribution in [2.24, 2.45) is 10.9 Å². The third kappa shape index (κ3) is 8.11.